The van der Waals surface area contributed by atoms with Gasteiger partial charge in [0.05, 0.1) is 34.8 Å². The largest absolute Gasteiger partial charge is 0.508 e. The standard InChI is InChI=1S/C72H77BrCl2N8O23S/c1-27(2)16-28(3)64(93)82-55-57(88)31-7-14-44(39(74)18-31)102-46-20-33-21-47(61(46)106-71-62(105-50-25-72(5,77)63(92)29(4)101-50)60(91)59(90)48(104-71)26-107-36-11-9-34(73)10-12-36)103-45-15-8-32(19-40(45)75)58(89)56-69(98)81-54(70(99)100)38-22-35(84)23-43(86)51(38)37-17-30(6-13-42(37)85)52(66(95)83-56)80-67(96)53(33)79-65(94)41(24-49(76)87)78-68(55)97/h6-15,17-23,27-29,41,48,50,52-60,62-63,71,84-86,88-92H,16,24-26,77H2,1-5H3,(H2,76,87)(H,78,97)(H,79,94)(H,80,96)(H,81,98)(H,82,93)(H,83,95)(H,99,100)/t28-,29?,41+,48?,50?,52?,53-,54-,55-,56+,57-,58-,59?,60?,62?,63?,71?,72?/m1/s1. The topological polar surface area (TPSA) is 498 Å². The highest BCUT2D eigenvalue weighted by atomic mass is 79.9. The van der Waals surface area contributed by atoms with Crippen molar-refractivity contribution in [2.75, 3.05) is 5.75 Å². The zero-order chi connectivity index (χ0) is 77.5. The fourth-order valence-corrected chi connectivity index (χ4v) is 14.9. The van der Waals surface area contributed by atoms with Crippen LogP contribution in [0.3, 0.4) is 0 Å². The highest BCUT2D eigenvalue weighted by molar-refractivity contribution is 9.10. The Morgan fingerprint density at radius 2 is 1.31 bits per heavy atom. The number of aliphatic hydroxyl groups is 5. The Bertz CT molecular complexity index is 4470. The average Bonchev–Trinajstić information content (AvgIpc) is 0.768. The number of phenols is 3. The number of primary amides is 1. The van der Waals surface area contributed by atoms with Gasteiger partial charge in [0.15, 0.2) is 29.9 Å². The predicted molar refractivity (Wildman–Crippen MR) is 383 cm³/mol. The number of carbonyl (C=O) groups excluding carboxylic acids is 7. The zero-order valence-electron chi connectivity index (χ0n) is 57.5. The molecule has 7 heterocycles. The molecule has 107 heavy (non-hydrogen) atoms. The predicted octanol–water partition coefficient (Wildman–Crippen LogP) is 4.72. The Labute approximate surface area is 633 Å². The molecule has 0 saturated carbocycles. The Morgan fingerprint density at radius 1 is 0.701 bits per heavy atom. The number of fused-ring (bicyclic) bond motifs is 15. The second kappa shape index (κ2) is 32.4. The molecule has 7 amide bonds. The summed E-state index contributed by atoms with van der Waals surface area (Å²) in [4.78, 5) is 118. The van der Waals surface area contributed by atoms with Crippen molar-refractivity contribution in [3.8, 4) is 57.1 Å². The van der Waals surface area contributed by atoms with E-state index in [1.54, 1.807) is 38.1 Å². The molecule has 11 bridgehead atoms. The van der Waals surface area contributed by atoms with Gasteiger partial charge in [0.1, 0.15) is 83.4 Å². The third-order valence-corrected chi connectivity index (χ3v) is 20.9. The number of aromatic hydroxyl groups is 3. The molecule has 0 spiro atoms. The van der Waals surface area contributed by atoms with Crippen LogP contribution >= 0.6 is 50.9 Å². The number of aliphatic carboxylic acids is 1. The molecule has 0 radical (unpaired) electrons. The molecule has 570 valence electrons. The van der Waals surface area contributed by atoms with Gasteiger partial charge in [-0.3, -0.25) is 33.6 Å². The van der Waals surface area contributed by atoms with Gasteiger partial charge in [0, 0.05) is 55.8 Å². The Kier molecular flexibility index (Phi) is 23.9. The summed E-state index contributed by atoms with van der Waals surface area (Å²) in [5, 5.41) is 119. The lowest BCUT2D eigenvalue weighted by Crippen LogP contribution is -2.64. The monoisotopic (exact) mass is 1600 g/mol. The minimum absolute atomic E-state index is 0.0381. The van der Waals surface area contributed by atoms with Crippen LogP contribution in [0.5, 0.6) is 46.0 Å². The summed E-state index contributed by atoms with van der Waals surface area (Å²) in [6.07, 6.45) is -17.6. The van der Waals surface area contributed by atoms with E-state index in [0.717, 1.165) is 59.1 Å². The van der Waals surface area contributed by atoms with Gasteiger partial charge in [-0.05, 0) is 127 Å². The molecule has 35 heteroatoms. The Balaban J connectivity index is 1.16. The quantitative estimate of drug-likeness (QED) is 0.0656. The van der Waals surface area contributed by atoms with E-state index in [1.807, 2.05) is 13.8 Å². The number of aliphatic hydroxyl groups excluding tert-OH is 5. The van der Waals surface area contributed by atoms with Gasteiger partial charge < -0.3 is 118 Å². The van der Waals surface area contributed by atoms with Crippen LogP contribution in [0.25, 0.3) is 11.1 Å². The second-order valence-electron chi connectivity index (χ2n) is 27.4. The molecule has 0 aromatic heterocycles. The highest BCUT2D eigenvalue weighted by Crippen LogP contribution is 2.50. The summed E-state index contributed by atoms with van der Waals surface area (Å²) in [7, 11) is 0. The van der Waals surface area contributed by atoms with Crippen molar-refractivity contribution in [2.24, 2.45) is 23.3 Å². The molecule has 7 aliphatic rings. The number of hydrogen-bond acceptors (Lipinski definition) is 24. The number of hydrogen-bond donors (Lipinski definition) is 17. The molecule has 18 atom stereocenters. The highest BCUT2D eigenvalue weighted by Gasteiger charge is 2.52. The summed E-state index contributed by atoms with van der Waals surface area (Å²) >= 11 is 18.9. The SMILES string of the molecule is CC(C)C[C@@H](C)C(=O)N[C@H]1C(=O)N[C@@H](CC(N)=O)C(=O)N[C@H]2C(=O)NC3C(=O)N[C@H](C(=O)N[C@@H](C(=O)O)c4cc(O)cc(O)c4-c4cc3ccc4O)[C@H](O)c3ccc(c(Cl)c3)Oc3cc2cc(c3OC2OC(CSc3ccc(Br)cc3)C(O)C(O)C2OC2CC(C)(N)C(O)C(C)O2)Oc2ccc(cc2Cl)[C@H]1O. The summed E-state index contributed by atoms with van der Waals surface area (Å²) in [5.74, 6) is -16.3. The fourth-order valence-electron chi connectivity index (χ4n) is 13.2. The minimum Gasteiger partial charge on any atom is -0.508 e. The molecular formula is C72H77BrCl2N8O23S. The summed E-state index contributed by atoms with van der Waals surface area (Å²) < 4.78 is 40.4. The van der Waals surface area contributed by atoms with Gasteiger partial charge in [-0.2, -0.15) is 0 Å². The van der Waals surface area contributed by atoms with Crippen LogP contribution in [-0.4, -0.2) is 172 Å². The minimum atomic E-state index is -2.33. The maximum atomic E-state index is 16.2. The van der Waals surface area contributed by atoms with Crippen molar-refractivity contribution >= 4 is 98.2 Å². The normalized spacial score (nSPS) is 28.4. The Hall–Kier alpha value is -9.07. The second-order valence-corrected chi connectivity index (χ2v) is 30.2. The smallest absolute Gasteiger partial charge is 0.330 e. The third-order valence-electron chi connectivity index (χ3n) is 18.7. The van der Waals surface area contributed by atoms with E-state index >= 15 is 14.4 Å². The number of phenolic OH excluding ortho intramolecular Hbond substituents is 3. The van der Waals surface area contributed by atoms with Crippen LogP contribution in [0.2, 0.25) is 10.0 Å². The molecule has 6 aromatic rings. The van der Waals surface area contributed by atoms with Gasteiger partial charge in [0.25, 0.3) is 0 Å². The molecular weight excluding hydrogens is 1530 g/mol. The first kappa shape index (κ1) is 79.0. The van der Waals surface area contributed by atoms with Gasteiger partial charge in [-0.1, -0.05) is 78.1 Å². The number of ether oxygens (including phenoxy) is 6. The van der Waals surface area contributed by atoms with Gasteiger partial charge in [-0.15, -0.1) is 11.8 Å². The number of carbonyl (C=O) groups is 8. The molecule has 2 fully saturated rings. The van der Waals surface area contributed by atoms with Crippen molar-refractivity contribution in [2.45, 2.75) is 162 Å². The van der Waals surface area contributed by atoms with E-state index < -0.39 is 225 Å². The van der Waals surface area contributed by atoms with E-state index in [2.05, 4.69) is 47.8 Å². The van der Waals surface area contributed by atoms with Gasteiger partial charge in [0.2, 0.25) is 53.4 Å². The third kappa shape index (κ3) is 17.4. The molecule has 0 aliphatic carbocycles. The van der Waals surface area contributed by atoms with Crippen molar-refractivity contribution in [1.82, 2.24) is 31.9 Å². The summed E-state index contributed by atoms with van der Waals surface area (Å²) in [6.45, 7) is 8.33. The number of benzene rings is 6. The number of nitrogens with two attached hydrogens (primary N) is 2. The first-order valence-electron chi connectivity index (χ1n) is 33.6. The number of amides is 7. The Morgan fingerprint density at radius 3 is 1.92 bits per heavy atom. The van der Waals surface area contributed by atoms with Crippen molar-refractivity contribution < 1.29 is 113 Å². The first-order valence-corrected chi connectivity index (χ1v) is 36.1. The molecule has 13 rings (SSSR count). The fraction of sp³-hybridized carbons (Fsp3) is 0.389. The van der Waals surface area contributed by atoms with E-state index in [1.165, 1.54) is 43.0 Å². The van der Waals surface area contributed by atoms with Gasteiger partial charge in [-0.25, -0.2) is 4.79 Å². The molecule has 2 saturated heterocycles. The zero-order valence-corrected chi connectivity index (χ0v) is 61.4. The average molecular weight is 1610 g/mol. The lowest BCUT2D eigenvalue weighted by Gasteiger charge is -2.47. The van der Waals surface area contributed by atoms with Gasteiger partial charge >= 0.3 is 5.97 Å². The van der Waals surface area contributed by atoms with Crippen LogP contribution in [-0.2, 0) is 52.6 Å². The van der Waals surface area contributed by atoms with Crippen LogP contribution < -0.4 is 57.6 Å². The maximum absolute atomic E-state index is 16.2. The van der Waals surface area contributed by atoms with E-state index in [-0.39, 0.29) is 51.3 Å². The van der Waals surface area contributed by atoms with Crippen LogP contribution in [0.1, 0.15) is 112 Å². The first-order chi connectivity index (χ1) is 50.5. The molecule has 10 unspecified atom stereocenters. The lowest BCUT2D eigenvalue weighted by molar-refractivity contribution is -0.329. The lowest BCUT2D eigenvalue weighted by atomic mass is 9.86. The van der Waals surface area contributed by atoms with Crippen LogP contribution in [0.4, 0.5) is 0 Å². The number of thioether (sulfide) groups is 1. The molecule has 31 nitrogen and oxygen atoms in total. The summed E-state index contributed by atoms with van der Waals surface area (Å²) in [6, 6.07) is 7.92. The van der Waals surface area contributed by atoms with Crippen molar-refractivity contribution in [3.63, 3.8) is 0 Å². The maximum Gasteiger partial charge on any atom is 0.330 e. The number of halogens is 3. The summed E-state index contributed by atoms with van der Waals surface area (Å²) in [5.41, 5.74) is 8.29. The van der Waals surface area contributed by atoms with Crippen molar-refractivity contribution in [3.05, 3.63) is 145 Å². The number of rotatable bonds is 14. The number of carboxylic acids is 1. The number of carboxylic acid groups (broad SMARTS) is 1. The van der Waals surface area contributed by atoms with Crippen LogP contribution in [0, 0.1) is 11.8 Å². The van der Waals surface area contributed by atoms with Crippen LogP contribution in [0.15, 0.2) is 112 Å². The molecule has 6 aromatic carbocycles. The van der Waals surface area contributed by atoms with Crippen molar-refractivity contribution in [1.29, 1.82) is 0 Å². The van der Waals surface area contributed by atoms with E-state index in [0.29, 0.717) is 11.3 Å². The van der Waals surface area contributed by atoms with E-state index in [4.69, 9.17) is 63.1 Å². The van der Waals surface area contributed by atoms with E-state index in [9.17, 15) is 69.9 Å². The number of nitrogens with one attached hydrogen (secondary N) is 6. The molecule has 7 aliphatic heterocycles. The molecule has 19 N–H and O–H groups in total.